The molecular formula is C3H8N3O2P. The molecule has 6 heteroatoms. The van der Waals surface area contributed by atoms with Crippen molar-refractivity contribution >= 4 is 14.5 Å². The van der Waals surface area contributed by atoms with Gasteiger partial charge in [-0.3, -0.25) is 15.7 Å². The molecule has 0 aromatic heterocycles. The van der Waals surface area contributed by atoms with Crippen molar-refractivity contribution in [3.63, 3.8) is 0 Å². The average molecular weight is 149 g/mol. The highest BCUT2D eigenvalue weighted by atomic mass is 31.1. The molecule has 1 aliphatic heterocycles. The smallest absolute Gasteiger partial charge is 0.415 e. The van der Waals surface area contributed by atoms with Gasteiger partial charge < -0.3 is 4.74 Å². The van der Waals surface area contributed by atoms with Crippen molar-refractivity contribution in [2.24, 2.45) is 11.0 Å². The molecule has 0 atom stereocenters. The van der Waals surface area contributed by atoms with Gasteiger partial charge in [-0.2, -0.15) is 0 Å². The van der Waals surface area contributed by atoms with E-state index < -0.39 is 14.5 Å². The molecule has 52 valence electrons. The Balaban J connectivity index is 2.49. The lowest BCUT2D eigenvalue weighted by atomic mass is 10.7. The summed E-state index contributed by atoms with van der Waals surface area (Å²) in [5, 5.41) is 0. The van der Waals surface area contributed by atoms with Crippen LogP contribution in [0.4, 0.5) is 4.79 Å². The molecule has 0 radical (unpaired) electrons. The number of hydrogen-bond acceptors (Lipinski definition) is 4. The Morgan fingerprint density at radius 1 is 1.67 bits per heavy atom. The number of carbonyl (C=O) groups is 1. The van der Waals surface area contributed by atoms with Crippen LogP contribution in [0.3, 0.4) is 0 Å². The van der Waals surface area contributed by atoms with Crippen LogP contribution in [0.1, 0.15) is 0 Å². The molecule has 5 nitrogen and oxygen atoms in total. The van der Waals surface area contributed by atoms with Crippen LogP contribution in [0.25, 0.3) is 0 Å². The molecule has 0 spiro atoms. The number of amides is 1. The lowest BCUT2D eigenvalue weighted by Crippen LogP contribution is -2.25. The van der Waals surface area contributed by atoms with E-state index in [1.54, 1.807) is 0 Å². The average Bonchev–Trinajstić information content (AvgIpc) is 2.13. The lowest BCUT2D eigenvalue weighted by Gasteiger charge is -2.14. The van der Waals surface area contributed by atoms with E-state index in [-0.39, 0.29) is 0 Å². The van der Waals surface area contributed by atoms with Gasteiger partial charge in [0.05, 0.1) is 6.54 Å². The highest BCUT2D eigenvalue weighted by Crippen LogP contribution is 2.24. The molecule has 1 fully saturated rings. The van der Waals surface area contributed by atoms with Crippen molar-refractivity contribution in [3.05, 3.63) is 0 Å². The number of hydrogen-bond donors (Lipinski definition) is 2. The summed E-state index contributed by atoms with van der Waals surface area (Å²) < 4.78 is 5.90. The van der Waals surface area contributed by atoms with Crippen molar-refractivity contribution in [3.8, 4) is 0 Å². The Bertz CT molecular complexity index is 128. The van der Waals surface area contributed by atoms with Gasteiger partial charge in [0, 0.05) is 0 Å². The third-order valence-electron chi connectivity index (χ3n) is 1.02. The van der Waals surface area contributed by atoms with Gasteiger partial charge in [-0.1, -0.05) is 0 Å². The predicted molar refractivity (Wildman–Crippen MR) is 33.3 cm³/mol. The van der Waals surface area contributed by atoms with E-state index in [0.717, 1.165) is 0 Å². The minimum absolute atomic E-state index is 0.397. The number of nitrogens with zero attached hydrogens (tertiary/aromatic N) is 1. The van der Waals surface area contributed by atoms with E-state index in [2.05, 4.69) is 4.74 Å². The van der Waals surface area contributed by atoms with Gasteiger partial charge in [0.15, 0.2) is 0 Å². The Morgan fingerprint density at radius 2 is 2.33 bits per heavy atom. The van der Waals surface area contributed by atoms with Gasteiger partial charge in [0.25, 0.3) is 0 Å². The Hall–Kier alpha value is -0.380. The van der Waals surface area contributed by atoms with E-state index in [1.165, 1.54) is 4.67 Å². The fourth-order valence-electron chi connectivity index (χ4n) is 0.595. The summed E-state index contributed by atoms with van der Waals surface area (Å²) in [6.07, 6.45) is -0.397. The SMILES string of the molecule is NP(N)N1CCOC1=O. The van der Waals surface area contributed by atoms with Crippen LogP contribution >= 0.6 is 8.37 Å². The monoisotopic (exact) mass is 149 g/mol. The molecule has 1 rings (SSSR count). The summed E-state index contributed by atoms with van der Waals surface area (Å²) in [5.41, 5.74) is 10.5. The maximum Gasteiger partial charge on any atom is 0.415 e. The zero-order valence-electron chi connectivity index (χ0n) is 4.78. The van der Waals surface area contributed by atoms with Crippen LogP contribution in [0.2, 0.25) is 0 Å². The first kappa shape index (κ1) is 6.74. The normalized spacial score (nSPS) is 19.0. The molecule has 0 aliphatic carbocycles. The molecule has 0 bridgehead atoms. The zero-order valence-corrected chi connectivity index (χ0v) is 5.67. The molecule has 1 amide bonds. The summed E-state index contributed by atoms with van der Waals surface area (Å²) >= 11 is 0. The summed E-state index contributed by atoms with van der Waals surface area (Å²) in [4.78, 5) is 10.6. The first-order chi connectivity index (χ1) is 4.22. The largest absolute Gasteiger partial charge is 0.447 e. The van der Waals surface area contributed by atoms with E-state index in [4.69, 9.17) is 11.0 Å². The molecule has 0 aromatic rings. The fourth-order valence-corrected chi connectivity index (χ4v) is 1.15. The number of carbonyl (C=O) groups excluding carboxylic acids is 1. The van der Waals surface area contributed by atoms with Crippen LogP contribution < -0.4 is 11.0 Å². The highest BCUT2D eigenvalue weighted by molar-refractivity contribution is 7.50. The number of rotatable bonds is 1. The molecular weight excluding hydrogens is 141 g/mol. The van der Waals surface area contributed by atoms with E-state index >= 15 is 0 Å². The molecule has 9 heavy (non-hydrogen) atoms. The van der Waals surface area contributed by atoms with Crippen LogP contribution in [-0.4, -0.2) is 23.9 Å². The first-order valence-electron chi connectivity index (χ1n) is 2.45. The molecule has 1 heterocycles. The quantitative estimate of drug-likeness (QED) is 0.496. The van der Waals surface area contributed by atoms with Crippen molar-refractivity contribution in [2.75, 3.05) is 13.2 Å². The van der Waals surface area contributed by atoms with Gasteiger partial charge in [-0.25, -0.2) is 4.79 Å². The summed E-state index contributed by atoms with van der Waals surface area (Å²) in [7, 11) is -1.28. The fraction of sp³-hybridized carbons (Fsp3) is 0.667. The van der Waals surface area contributed by atoms with Crippen molar-refractivity contribution in [1.82, 2.24) is 4.67 Å². The zero-order chi connectivity index (χ0) is 6.85. The second-order valence-corrected chi connectivity index (χ2v) is 2.86. The van der Waals surface area contributed by atoms with Gasteiger partial charge >= 0.3 is 6.09 Å². The maximum atomic E-state index is 10.6. The van der Waals surface area contributed by atoms with Crippen LogP contribution in [0.5, 0.6) is 0 Å². The standard InChI is InChI=1S/C3H8N3O2P/c4-9(5)6-1-2-8-3(6)7/h1-2,4-5H2. The van der Waals surface area contributed by atoms with E-state index in [9.17, 15) is 4.79 Å². The van der Waals surface area contributed by atoms with Crippen LogP contribution in [-0.2, 0) is 4.74 Å². The van der Waals surface area contributed by atoms with Gasteiger partial charge in [0.1, 0.15) is 15.0 Å². The van der Waals surface area contributed by atoms with Gasteiger partial charge in [-0.15, -0.1) is 0 Å². The highest BCUT2D eigenvalue weighted by Gasteiger charge is 2.25. The minimum atomic E-state index is -1.28. The summed E-state index contributed by atoms with van der Waals surface area (Å²) in [6, 6.07) is 0. The predicted octanol–water partition coefficient (Wildman–Crippen LogP) is -0.417. The van der Waals surface area contributed by atoms with Crippen LogP contribution in [0.15, 0.2) is 0 Å². The topological polar surface area (TPSA) is 81.6 Å². The summed E-state index contributed by atoms with van der Waals surface area (Å²) in [6.45, 7) is 0.934. The second kappa shape index (κ2) is 2.47. The number of cyclic esters (lactones) is 1. The second-order valence-electron chi connectivity index (χ2n) is 1.62. The lowest BCUT2D eigenvalue weighted by molar-refractivity contribution is 0.170. The number of nitrogens with two attached hydrogens (primary N) is 2. The molecule has 4 N–H and O–H groups in total. The Labute approximate surface area is 53.8 Å². The van der Waals surface area contributed by atoms with E-state index in [1.807, 2.05) is 0 Å². The third-order valence-corrected chi connectivity index (χ3v) is 1.94. The molecule has 0 unspecified atom stereocenters. The molecule has 0 saturated carbocycles. The third kappa shape index (κ3) is 1.30. The molecule has 1 saturated heterocycles. The van der Waals surface area contributed by atoms with Crippen molar-refractivity contribution in [1.29, 1.82) is 0 Å². The maximum absolute atomic E-state index is 10.6. The van der Waals surface area contributed by atoms with Crippen molar-refractivity contribution in [2.45, 2.75) is 0 Å². The van der Waals surface area contributed by atoms with Crippen molar-refractivity contribution < 1.29 is 9.53 Å². The first-order valence-corrected chi connectivity index (χ1v) is 3.89. The van der Waals surface area contributed by atoms with E-state index in [0.29, 0.717) is 13.2 Å². The Kier molecular flexibility index (Phi) is 1.85. The minimum Gasteiger partial charge on any atom is -0.447 e. The molecule has 0 aromatic carbocycles. The van der Waals surface area contributed by atoms with Gasteiger partial charge in [0.2, 0.25) is 0 Å². The number of ether oxygens (including phenoxy) is 1. The Morgan fingerprint density at radius 3 is 2.56 bits per heavy atom. The summed E-state index contributed by atoms with van der Waals surface area (Å²) in [5.74, 6) is 0. The van der Waals surface area contributed by atoms with Crippen LogP contribution in [0, 0.1) is 0 Å². The van der Waals surface area contributed by atoms with Gasteiger partial charge in [-0.05, 0) is 0 Å². The molecule has 1 aliphatic rings.